The quantitative estimate of drug-likeness (QED) is 0.176. The van der Waals surface area contributed by atoms with Gasteiger partial charge in [0.25, 0.3) is 0 Å². The minimum atomic E-state index is -0.366. The van der Waals surface area contributed by atoms with Gasteiger partial charge in [0.15, 0.2) is 0 Å². The van der Waals surface area contributed by atoms with Crippen molar-refractivity contribution in [3.05, 3.63) is 220 Å². The van der Waals surface area contributed by atoms with E-state index in [1.807, 2.05) is 0 Å². The fraction of sp³-hybridized carbons (Fsp3) is 0.127. The van der Waals surface area contributed by atoms with Crippen molar-refractivity contribution >= 4 is 17.1 Å². The molecule has 4 aliphatic carbocycles. The summed E-state index contributed by atoms with van der Waals surface area (Å²) < 4.78 is 0. The Bertz CT molecular complexity index is 2950. The molecule has 0 saturated heterocycles. The van der Waals surface area contributed by atoms with Crippen molar-refractivity contribution in [1.29, 1.82) is 0 Å². The molecule has 0 bridgehead atoms. The maximum atomic E-state index is 2.51. The highest BCUT2D eigenvalue weighted by Crippen LogP contribution is 2.63. The first-order valence-electron chi connectivity index (χ1n) is 20.0. The second kappa shape index (κ2) is 10.9. The fourth-order valence-electron chi connectivity index (χ4n) is 11.4. The molecular formula is C55H41N. The highest BCUT2D eigenvalue weighted by Gasteiger charge is 2.51. The Labute approximate surface area is 329 Å². The zero-order valence-corrected chi connectivity index (χ0v) is 32.2. The van der Waals surface area contributed by atoms with Crippen LogP contribution >= 0.6 is 0 Å². The van der Waals surface area contributed by atoms with Crippen LogP contribution in [0.5, 0.6) is 0 Å². The predicted octanol–water partition coefficient (Wildman–Crippen LogP) is 14.1. The van der Waals surface area contributed by atoms with E-state index in [0.717, 1.165) is 5.69 Å². The lowest BCUT2D eigenvalue weighted by molar-refractivity contribution is 0.660. The molecule has 0 heterocycles. The largest absolute Gasteiger partial charge is 0.310 e. The highest BCUT2D eigenvalue weighted by atomic mass is 15.1. The summed E-state index contributed by atoms with van der Waals surface area (Å²) in [5, 5.41) is 0. The summed E-state index contributed by atoms with van der Waals surface area (Å²) >= 11 is 0. The maximum Gasteiger partial charge on any atom is 0.0725 e. The fourth-order valence-corrected chi connectivity index (χ4v) is 11.4. The molecule has 0 amide bonds. The molecular weight excluding hydrogens is 675 g/mol. The number of anilines is 3. The molecule has 0 unspecified atom stereocenters. The average molecular weight is 716 g/mol. The Morgan fingerprint density at radius 3 is 1.11 bits per heavy atom. The van der Waals surface area contributed by atoms with E-state index < -0.39 is 0 Å². The zero-order valence-electron chi connectivity index (χ0n) is 32.2. The van der Waals surface area contributed by atoms with E-state index in [2.05, 4.69) is 209 Å². The van der Waals surface area contributed by atoms with Crippen LogP contribution in [0.3, 0.4) is 0 Å². The molecule has 8 aromatic rings. The van der Waals surface area contributed by atoms with E-state index in [9.17, 15) is 0 Å². The van der Waals surface area contributed by atoms with E-state index in [1.165, 1.54) is 100 Å². The standard InChI is InChI=1S/C55H41N/c1-53(2)46-21-11-6-18-40(46)43-31-34(26-29-47(43)53)56(36-25-28-42-37-15-5-10-20-45(37)54(3,4)52(42)33-36)35-27-30-51-44(32-35)41-19-9-14-24-50(41)55(51)48-22-12-7-16-38(48)39-17-8-13-23-49(39)55/h5-33H,1-4H3. The Hall–Kier alpha value is -6.44. The van der Waals surface area contributed by atoms with Crippen LogP contribution < -0.4 is 4.90 Å². The van der Waals surface area contributed by atoms with Gasteiger partial charge >= 0.3 is 0 Å². The van der Waals surface area contributed by atoms with Gasteiger partial charge in [0, 0.05) is 27.9 Å². The van der Waals surface area contributed by atoms with Crippen LogP contribution in [0.2, 0.25) is 0 Å². The molecule has 0 saturated carbocycles. The van der Waals surface area contributed by atoms with Crippen molar-refractivity contribution in [3.8, 4) is 44.5 Å². The summed E-state index contributed by atoms with van der Waals surface area (Å²) in [5.41, 5.74) is 24.6. The van der Waals surface area contributed by atoms with Gasteiger partial charge in [-0.15, -0.1) is 0 Å². The van der Waals surface area contributed by atoms with Crippen molar-refractivity contribution in [2.75, 3.05) is 4.90 Å². The second-order valence-electron chi connectivity index (χ2n) is 17.3. The Balaban J connectivity index is 1.11. The lowest BCUT2D eigenvalue weighted by atomic mass is 9.70. The van der Waals surface area contributed by atoms with Gasteiger partial charge in [-0.3, -0.25) is 0 Å². The first-order chi connectivity index (χ1) is 27.3. The third-order valence-electron chi connectivity index (χ3n) is 13.9. The topological polar surface area (TPSA) is 3.24 Å². The van der Waals surface area contributed by atoms with Gasteiger partial charge in [0.1, 0.15) is 0 Å². The number of rotatable bonds is 3. The molecule has 266 valence electrons. The summed E-state index contributed by atoms with van der Waals surface area (Å²) in [6.07, 6.45) is 0. The predicted molar refractivity (Wildman–Crippen MR) is 233 cm³/mol. The van der Waals surface area contributed by atoms with Crippen LogP contribution in [0.1, 0.15) is 72.2 Å². The van der Waals surface area contributed by atoms with Crippen LogP contribution in [0, 0.1) is 0 Å². The van der Waals surface area contributed by atoms with E-state index in [1.54, 1.807) is 0 Å². The molecule has 8 aromatic carbocycles. The lowest BCUT2D eigenvalue weighted by Gasteiger charge is -2.31. The molecule has 0 N–H and O–H groups in total. The van der Waals surface area contributed by atoms with Crippen molar-refractivity contribution in [2.45, 2.75) is 43.9 Å². The number of nitrogens with zero attached hydrogens (tertiary/aromatic N) is 1. The molecule has 0 fully saturated rings. The number of benzene rings is 8. The van der Waals surface area contributed by atoms with Crippen molar-refractivity contribution in [2.24, 2.45) is 0 Å². The molecule has 0 aromatic heterocycles. The molecule has 1 heteroatoms. The minimum absolute atomic E-state index is 0.0574. The summed E-state index contributed by atoms with van der Waals surface area (Å²) in [4.78, 5) is 2.51. The van der Waals surface area contributed by atoms with Crippen molar-refractivity contribution in [1.82, 2.24) is 0 Å². The van der Waals surface area contributed by atoms with Crippen LogP contribution in [-0.2, 0) is 16.2 Å². The molecule has 56 heavy (non-hydrogen) atoms. The molecule has 4 aliphatic rings. The molecule has 12 rings (SSSR count). The van der Waals surface area contributed by atoms with E-state index >= 15 is 0 Å². The van der Waals surface area contributed by atoms with Gasteiger partial charge in [-0.1, -0.05) is 167 Å². The monoisotopic (exact) mass is 715 g/mol. The van der Waals surface area contributed by atoms with Crippen molar-refractivity contribution < 1.29 is 0 Å². The molecule has 1 nitrogen and oxygen atoms in total. The van der Waals surface area contributed by atoms with Gasteiger partial charge in [0.05, 0.1) is 5.41 Å². The SMILES string of the molecule is CC1(C)c2ccccc2-c2cc(N(c3ccc4c(c3)-c3ccccc3C43c4ccccc4-c4ccccc43)c3ccc4c(c3)C(C)(C)c3ccccc3-4)ccc21. The van der Waals surface area contributed by atoms with Gasteiger partial charge in [0.2, 0.25) is 0 Å². The van der Waals surface area contributed by atoms with E-state index in [4.69, 9.17) is 0 Å². The van der Waals surface area contributed by atoms with Crippen LogP contribution in [0.4, 0.5) is 17.1 Å². The molecule has 0 radical (unpaired) electrons. The third kappa shape index (κ3) is 3.85. The smallest absolute Gasteiger partial charge is 0.0725 e. The summed E-state index contributed by atoms with van der Waals surface area (Å²) in [6.45, 7) is 9.48. The first kappa shape index (κ1) is 31.9. The van der Waals surface area contributed by atoms with Crippen LogP contribution in [0.15, 0.2) is 176 Å². The highest BCUT2D eigenvalue weighted by molar-refractivity contribution is 5.97. The Morgan fingerprint density at radius 2 is 0.571 bits per heavy atom. The maximum absolute atomic E-state index is 2.51. The average Bonchev–Trinajstić information content (AvgIpc) is 3.86. The molecule has 0 aliphatic heterocycles. The van der Waals surface area contributed by atoms with Gasteiger partial charge < -0.3 is 4.90 Å². The third-order valence-corrected chi connectivity index (χ3v) is 13.9. The zero-order chi connectivity index (χ0) is 37.6. The summed E-state index contributed by atoms with van der Waals surface area (Å²) in [7, 11) is 0. The first-order valence-corrected chi connectivity index (χ1v) is 20.0. The Morgan fingerprint density at radius 1 is 0.268 bits per heavy atom. The molecule has 1 spiro atoms. The lowest BCUT2D eigenvalue weighted by Crippen LogP contribution is -2.25. The number of hydrogen-bond acceptors (Lipinski definition) is 1. The molecule has 0 atom stereocenters. The minimum Gasteiger partial charge on any atom is -0.310 e. The van der Waals surface area contributed by atoms with Crippen LogP contribution in [0.25, 0.3) is 44.5 Å². The van der Waals surface area contributed by atoms with Gasteiger partial charge in [-0.05, 0) is 125 Å². The van der Waals surface area contributed by atoms with E-state index in [-0.39, 0.29) is 16.2 Å². The summed E-state index contributed by atoms with van der Waals surface area (Å²) in [6, 6.07) is 66.8. The van der Waals surface area contributed by atoms with E-state index in [0.29, 0.717) is 0 Å². The van der Waals surface area contributed by atoms with Crippen molar-refractivity contribution in [3.63, 3.8) is 0 Å². The summed E-state index contributed by atoms with van der Waals surface area (Å²) in [5.74, 6) is 0. The Kier molecular flexibility index (Phi) is 6.18. The number of hydrogen-bond donors (Lipinski definition) is 0. The second-order valence-corrected chi connectivity index (χ2v) is 17.3. The number of fused-ring (bicyclic) bond motifs is 16. The van der Waals surface area contributed by atoms with Gasteiger partial charge in [-0.25, -0.2) is 0 Å². The van der Waals surface area contributed by atoms with Gasteiger partial charge in [-0.2, -0.15) is 0 Å². The normalized spacial score (nSPS) is 15.9. The van der Waals surface area contributed by atoms with Crippen LogP contribution in [-0.4, -0.2) is 0 Å².